The van der Waals surface area contributed by atoms with Crippen LogP contribution in [0.4, 0.5) is 0 Å². The summed E-state index contributed by atoms with van der Waals surface area (Å²) in [4.78, 5) is 6.12. The summed E-state index contributed by atoms with van der Waals surface area (Å²) in [6, 6.07) is 57.9. The second-order valence-electron chi connectivity index (χ2n) is 14.1. The van der Waals surface area contributed by atoms with Crippen molar-refractivity contribution in [1.82, 2.24) is 18.7 Å². The van der Waals surface area contributed by atoms with Crippen molar-refractivity contribution in [2.45, 2.75) is 6.92 Å². The first-order valence-electron chi connectivity index (χ1n) is 18.0. The number of nitrogens with zero attached hydrogens (tertiary/aromatic N) is 4. The molecule has 12 aromatic rings. The molecule has 0 aliphatic heterocycles. The smallest absolute Gasteiger partial charge is 0.124 e. The Morgan fingerprint density at radius 3 is 1.42 bits per heavy atom. The predicted octanol–water partition coefficient (Wildman–Crippen LogP) is 13.0. The topological polar surface area (TPSA) is 27.7 Å². The third-order valence-electron chi connectivity index (χ3n) is 11.1. The molecule has 0 saturated heterocycles. The average molecular weight is 695 g/mol. The Morgan fingerprint density at radius 2 is 0.811 bits per heavy atom. The number of para-hydroxylation sites is 4. The van der Waals surface area contributed by atoms with E-state index in [2.05, 4.69) is 178 Å². The third-order valence-corrected chi connectivity index (χ3v) is 12.2. The second-order valence-corrected chi connectivity index (χ2v) is 15.2. The normalized spacial score (nSPS) is 12.2. The van der Waals surface area contributed by atoms with Gasteiger partial charge in [-0.2, -0.15) is 0 Å². The molecule has 5 heterocycles. The summed E-state index contributed by atoms with van der Waals surface area (Å²) in [5, 5.41) is 9.95. The number of pyridine rings is 1. The molecule has 0 radical (unpaired) electrons. The summed E-state index contributed by atoms with van der Waals surface area (Å²) in [7, 11) is 0. The Hall–Kier alpha value is -6.69. The molecule has 0 aliphatic rings. The third kappa shape index (κ3) is 4.03. The maximum atomic E-state index is 5.06. The highest BCUT2D eigenvalue weighted by Crippen LogP contribution is 2.40. The monoisotopic (exact) mass is 694 g/mol. The minimum atomic E-state index is 1.05. The summed E-state index contributed by atoms with van der Waals surface area (Å²) in [6.07, 6.45) is 2.03. The van der Waals surface area contributed by atoms with E-state index in [0.717, 1.165) is 21.9 Å². The van der Waals surface area contributed by atoms with E-state index in [-0.39, 0.29) is 0 Å². The highest BCUT2D eigenvalue weighted by atomic mass is 32.1. The van der Waals surface area contributed by atoms with Gasteiger partial charge < -0.3 is 13.7 Å². The summed E-state index contributed by atoms with van der Waals surface area (Å²) >= 11 is 1.76. The molecule has 4 nitrogen and oxygen atoms in total. The fraction of sp³-hybridized carbons (Fsp3) is 0.0208. The van der Waals surface area contributed by atoms with E-state index >= 15 is 0 Å². The van der Waals surface area contributed by atoms with Gasteiger partial charge in [-0.1, -0.05) is 84.4 Å². The molecular weight excluding hydrogens is 665 g/mol. The van der Waals surface area contributed by atoms with Gasteiger partial charge in [-0.25, -0.2) is 4.98 Å². The fourth-order valence-electron chi connectivity index (χ4n) is 8.84. The number of thiophene rings is 1. The van der Waals surface area contributed by atoms with Crippen LogP contribution < -0.4 is 0 Å². The van der Waals surface area contributed by atoms with E-state index < -0.39 is 0 Å². The lowest BCUT2D eigenvalue weighted by Crippen LogP contribution is -1.96. The maximum absolute atomic E-state index is 5.06. The minimum absolute atomic E-state index is 1.05. The second kappa shape index (κ2) is 10.7. The number of hydrogen-bond acceptors (Lipinski definition) is 2. The molecule has 0 fully saturated rings. The molecule has 0 aliphatic carbocycles. The molecular formula is C48H30N4S. The summed E-state index contributed by atoms with van der Waals surface area (Å²) in [5.41, 5.74) is 11.9. The Kier molecular flexibility index (Phi) is 5.83. The molecule has 0 unspecified atom stereocenters. The van der Waals surface area contributed by atoms with Crippen LogP contribution in [0.25, 0.3) is 103 Å². The molecule has 0 amide bonds. The number of aryl methyl sites for hydroxylation is 1. The quantitative estimate of drug-likeness (QED) is 0.181. The number of benzene rings is 7. The molecule has 5 aromatic heterocycles. The van der Waals surface area contributed by atoms with Crippen molar-refractivity contribution in [3.63, 3.8) is 0 Å². The van der Waals surface area contributed by atoms with Crippen LogP contribution in [0.3, 0.4) is 0 Å². The van der Waals surface area contributed by atoms with Gasteiger partial charge in [0.2, 0.25) is 0 Å². The summed E-state index contributed by atoms with van der Waals surface area (Å²) < 4.78 is 8.44. The molecule has 0 bridgehead atoms. The Labute approximate surface area is 308 Å². The van der Waals surface area contributed by atoms with Crippen molar-refractivity contribution in [2.75, 3.05) is 0 Å². The zero-order chi connectivity index (χ0) is 34.8. The summed E-state index contributed by atoms with van der Waals surface area (Å²) in [6.45, 7) is 2.16. The van der Waals surface area contributed by atoms with Crippen LogP contribution in [-0.4, -0.2) is 18.7 Å². The van der Waals surface area contributed by atoms with Gasteiger partial charge in [0.25, 0.3) is 0 Å². The molecule has 5 heteroatoms. The van der Waals surface area contributed by atoms with Gasteiger partial charge in [0.15, 0.2) is 0 Å². The first kappa shape index (κ1) is 28.9. The molecule has 0 spiro atoms. The van der Waals surface area contributed by atoms with Gasteiger partial charge in [-0.3, -0.25) is 0 Å². The molecule has 53 heavy (non-hydrogen) atoms. The highest BCUT2D eigenvalue weighted by Gasteiger charge is 2.18. The lowest BCUT2D eigenvalue weighted by Gasteiger charge is -2.11. The van der Waals surface area contributed by atoms with Gasteiger partial charge in [0, 0.05) is 59.2 Å². The lowest BCUT2D eigenvalue weighted by atomic mass is 10.1. The SMILES string of the molecule is Cc1ccc2c(c1)c1ccccc1n2-c1cnc2sc3ccc(-n4c5ccccc5c5cc(-n6c7ccccc7c7ccccc76)ccc54)cc3c2c1. The van der Waals surface area contributed by atoms with Crippen LogP contribution in [-0.2, 0) is 0 Å². The van der Waals surface area contributed by atoms with Gasteiger partial charge in [-0.05, 0) is 85.8 Å². The Morgan fingerprint density at radius 1 is 0.377 bits per heavy atom. The van der Waals surface area contributed by atoms with Crippen molar-refractivity contribution in [1.29, 1.82) is 0 Å². The van der Waals surface area contributed by atoms with Crippen LogP contribution in [0.2, 0.25) is 0 Å². The van der Waals surface area contributed by atoms with E-state index in [9.17, 15) is 0 Å². The van der Waals surface area contributed by atoms with Crippen molar-refractivity contribution in [2.24, 2.45) is 0 Å². The van der Waals surface area contributed by atoms with E-state index in [1.807, 2.05) is 6.20 Å². The fourth-order valence-corrected chi connectivity index (χ4v) is 9.85. The van der Waals surface area contributed by atoms with Crippen molar-refractivity contribution < 1.29 is 0 Å². The molecule has 248 valence electrons. The maximum Gasteiger partial charge on any atom is 0.124 e. The van der Waals surface area contributed by atoms with E-state index in [1.54, 1.807) is 11.3 Å². The Bertz CT molecular complexity index is 3430. The highest BCUT2D eigenvalue weighted by molar-refractivity contribution is 7.25. The van der Waals surface area contributed by atoms with Crippen LogP contribution >= 0.6 is 11.3 Å². The first-order valence-corrected chi connectivity index (χ1v) is 18.9. The van der Waals surface area contributed by atoms with Gasteiger partial charge in [0.05, 0.1) is 45.0 Å². The van der Waals surface area contributed by atoms with Gasteiger partial charge in [0.1, 0.15) is 4.83 Å². The number of hydrogen-bond donors (Lipinski definition) is 0. The van der Waals surface area contributed by atoms with Crippen LogP contribution in [0.15, 0.2) is 164 Å². The average Bonchev–Trinajstić information content (AvgIpc) is 3.93. The zero-order valence-corrected chi connectivity index (χ0v) is 29.6. The Balaban J connectivity index is 1.07. The van der Waals surface area contributed by atoms with Crippen LogP contribution in [0.1, 0.15) is 5.56 Å². The standard InChI is InChI=1S/C48H30N4S/c1-29-18-21-45-37(24-29)35-12-4-9-17-44(35)52(45)32-27-40-39-26-31(20-23-47(39)53-48(40)49-28-32)51-43-16-8-5-13-36(43)38-25-30(19-22-46(38)51)50-41-14-6-2-10-33(41)34-11-3-7-15-42(34)50/h2-28H,1H3. The van der Waals surface area contributed by atoms with Crippen LogP contribution in [0, 0.1) is 6.92 Å². The van der Waals surface area contributed by atoms with Gasteiger partial charge in [-0.15, -0.1) is 11.3 Å². The van der Waals surface area contributed by atoms with E-state index in [1.165, 1.54) is 86.5 Å². The van der Waals surface area contributed by atoms with E-state index in [0.29, 0.717) is 0 Å². The predicted molar refractivity (Wildman–Crippen MR) is 225 cm³/mol. The van der Waals surface area contributed by atoms with Crippen LogP contribution in [0.5, 0.6) is 0 Å². The number of rotatable bonds is 3. The molecule has 0 atom stereocenters. The van der Waals surface area contributed by atoms with Crippen molar-refractivity contribution in [3.8, 4) is 17.1 Å². The van der Waals surface area contributed by atoms with Crippen molar-refractivity contribution >= 4 is 97.1 Å². The van der Waals surface area contributed by atoms with Crippen molar-refractivity contribution in [3.05, 3.63) is 169 Å². The molecule has 12 rings (SSSR count). The minimum Gasteiger partial charge on any atom is -0.309 e. The summed E-state index contributed by atoms with van der Waals surface area (Å²) in [5.74, 6) is 0. The molecule has 7 aromatic carbocycles. The molecule has 0 saturated carbocycles. The number of aromatic nitrogens is 4. The molecule has 0 N–H and O–H groups in total. The first-order chi connectivity index (χ1) is 26.2. The van der Waals surface area contributed by atoms with Gasteiger partial charge >= 0.3 is 0 Å². The zero-order valence-electron chi connectivity index (χ0n) is 28.8. The number of fused-ring (bicyclic) bond motifs is 12. The lowest BCUT2D eigenvalue weighted by molar-refractivity contribution is 1.16. The van der Waals surface area contributed by atoms with E-state index in [4.69, 9.17) is 4.98 Å². The largest absolute Gasteiger partial charge is 0.309 e.